The number of nitrogens with zero attached hydrogens (tertiary/aromatic N) is 2. The van der Waals surface area contributed by atoms with E-state index in [0.29, 0.717) is 17.1 Å². The Morgan fingerprint density at radius 3 is 2.73 bits per heavy atom. The number of hydrogen-bond acceptors (Lipinski definition) is 8. The summed E-state index contributed by atoms with van der Waals surface area (Å²) < 4.78 is 9.86. The summed E-state index contributed by atoms with van der Waals surface area (Å²) in [6, 6.07) is 11.9. The predicted molar refractivity (Wildman–Crippen MR) is 91.2 cm³/mol. The molecule has 2 heterocycles. The zero-order valence-electron chi connectivity index (χ0n) is 13.8. The molecule has 0 bridgehead atoms. The number of para-hydroxylation sites is 1. The first-order chi connectivity index (χ1) is 12.6. The minimum atomic E-state index is -1.03. The summed E-state index contributed by atoms with van der Waals surface area (Å²) in [5.41, 5.74) is 5.59. The smallest absolute Gasteiger partial charge is 0.418 e. The molecule has 2 aromatic rings. The van der Waals surface area contributed by atoms with E-state index >= 15 is 0 Å². The van der Waals surface area contributed by atoms with Crippen molar-refractivity contribution in [2.45, 2.75) is 0 Å². The van der Waals surface area contributed by atoms with Crippen molar-refractivity contribution in [2.24, 2.45) is 5.73 Å². The van der Waals surface area contributed by atoms with Crippen molar-refractivity contribution in [3.8, 4) is 5.75 Å². The number of nitrogens with two attached hydrogens (primary N) is 1. The number of hydrogen-bond donors (Lipinski definition) is 2. The van der Waals surface area contributed by atoms with E-state index in [1.807, 2.05) is 0 Å². The number of rotatable bonds is 4. The highest BCUT2D eigenvalue weighted by molar-refractivity contribution is 6.08. The van der Waals surface area contributed by atoms with Crippen LogP contribution in [-0.2, 0) is 14.3 Å². The summed E-state index contributed by atoms with van der Waals surface area (Å²) in [6.07, 6.45) is 0.506. The van der Waals surface area contributed by atoms with Crippen molar-refractivity contribution in [3.63, 3.8) is 0 Å². The second-order valence-electron chi connectivity index (χ2n) is 5.09. The fourth-order valence-electron chi connectivity index (χ4n) is 2.34. The molecule has 0 saturated carbocycles. The molecule has 0 saturated heterocycles. The van der Waals surface area contributed by atoms with E-state index in [0.717, 1.165) is 0 Å². The van der Waals surface area contributed by atoms with Crippen LogP contribution in [0.2, 0.25) is 0 Å². The molecule has 9 nitrogen and oxygen atoms in total. The molecular formula is C17H16N4O5. The van der Waals surface area contributed by atoms with Gasteiger partial charge in [0, 0.05) is 13.2 Å². The molecule has 0 unspecified atom stereocenters. The molecule has 26 heavy (non-hydrogen) atoms. The maximum Gasteiger partial charge on any atom is 0.515 e. The minimum Gasteiger partial charge on any atom is -0.418 e. The van der Waals surface area contributed by atoms with Crippen molar-refractivity contribution >= 4 is 23.6 Å². The molecule has 0 fully saturated rings. The zero-order chi connectivity index (χ0) is 18.5. The van der Waals surface area contributed by atoms with Crippen LogP contribution in [0.1, 0.15) is 5.56 Å². The number of aromatic nitrogens is 1. The third-order valence-corrected chi connectivity index (χ3v) is 3.41. The first-order valence-corrected chi connectivity index (χ1v) is 7.62. The molecular weight excluding hydrogens is 340 g/mol. The van der Waals surface area contributed by atoms with Crippen LogP contribution in [0.15, 0.2) is 54.4 Å². The van der Waals surface area contributed by atoms with E-state index in [9.17, 15) is 9.59 Å². The fraction of sp³-hybridized carbons (Fsp3) is 0.118. The summed E-state index contributed by atoms with van der Waals surface area (Å²) in [6.45, 7) is -0.352. The van der Waals surface area contributed by atoms with Crippen molar-refractivity contribution in [1.82, 2.24) is 10.0 Å². The van der Waals surface area contributed by atoms with Crippen LogP contribution in [-0.4, -0.2) is 35.9 Å². The maximum atomic E-state index is 12.8. The quantitative estimate of drug-likeness (QED) is 0.628. The van der Waals surface area contributed by atoms with E-state index in [2.05, 4.69) is 15.0 Å². The van der Waals surface area contributed by atoms with E-state index < -0.39 is 12.1 Å². The van der Waals surface area contributed by atoms with Gasteiger partial charge in [-0.1, -0.05) is 18.2 Å². The van der Waals surface area contributed by atoms with E-state index in [4.69, 9.17) is 15.3 Å². The summed E-state index contributed by atoms with van der Waals surface area (Å²) in [5.74, 6) is 0.165. The Bertz CT molecular complexity index is 853. The Balaban J connectivity index is 2.01. The summed E-state index contributed by atoms with van der Waals surface area (Å²) in [5, 5.41) is 3.82. The van der Waals surface area contributed by atoms with Gasteiger partial charge >= 0.3 is 6.16 Å². The first kappa shape index (κ1) is 17.2. The standard InChI is InChI=1S/C17H16N4O5/c1-21-14(16(22)20-13-8-4-5-9-19-13)15(25-17(23)24-10-18)11-6-2-3-7-12(11)26-21/h2-9H,10,18H2,1H3,(H,19,20,22). The topological polar surface area (TPSA) is 116 Å². The number of likely N-dealkylation sites (N-methyl/N-ethyl adjacent to an activating group) is 1. The van der Waals surface area contributed by atoms with Crippen molar-refractivity contribution in [2.75, 3.05) is 19.1 Å². The van der Waals surface area contributed by atoms with E-state index in [-0.39, 0.29) is 18.2 Å². The monoisotopic (exact) mass is 356 g/mol. The number of ether oxygens (including phenoxy) is 2. The number of amides is 1. The van der Waals surface area contributed by atoms with Crippen LogP contribution in [0, 0.1) is 0 Å². The Morgan fingerprint density at radius 2 is 2.00 bits per heavy atom. The number of hydroxylamine groups is 2. The van der Waals surface area contributed by atoms with Gasteiger partial charge in [-0.3, -0.25) is 10.5 Å². The van der Waals surface area contributed by atoms with Crippen molar-refractivity contribution in [3.05, 3.63) is 59.9 Å². The maximum absolute atomic E-state index is 12.8. The first-order valence-electron chi connectivity index (χ1n) is 7.62. The lowest BCUT2D eigenvalue weighted by molar-refractivity contribution is -0.118. The third-order valence-electron chi connectivity index (χ3n) is 3.41. The number of anilines is 1. The molecule has 3 rings (SSSR count). The minimum absolute atomic E-state index is 0.0127. The predicted octanol–water partition coefficient (Wildman–Crippen LogP) is 1.70. The average molecular weight is 356 g/mol. The SMILES string of the molecule is CN1Oc2ccccc2C(OC(=O)OCN)=C1C(=O)Nc1ccccn1. The molecule has 0 aliphatic carbocycles. The lowest BCUT2D eigenvalue weighted by Gasteiger charge is -2.29. The molecule has 1 aliphatic rings. The highest BCUT2D eigenvalue weighted by atomic mass is 16.7. The van der Waals surface area contributed by atoms with Gasteiger partial charge in [0.15, 0.2) is 17.2 Å². The lowest BCUT2D eigenvalue weighted by Crippen LogP contribution is -2.35. The molecule has 3 N–H and O–H groups in total. The molecule has 1 aromatic carbocycles. The Hall–Kier alpha value is -3.59. The Morgan fingerprint density at radius 1 is 1.23 bits per heavy atom. The van der Waals surface area contributed by atoms with Crippen LogP contribution < -0.4 is 15.9 Å². The van der Waals surface area contributed by atoms with Gasteiger partial charge in [-0.25, -0.2) is 14.8 Å². The Kier molecular flexibility index (Phi) is 4.99. The lowest BCUT2D eigenvalue weighted by atomic mass is 10.1. The van der Waals surface area contributed by atoms with Crippen LogP contribution in [0.3, 0.4) is 0 Å². The van der Waals surface area contributed by atoms with Crippen LogP contribution >= 0.6 is 0 Å². The van der Waals surface area contributed by atoms with E-state index in [1.54, 1.807) is 42.5 Å². The second-order valence-corrected chi connectivity index (χ2v) is 5.09. The van der Waals surface area contributed by atoms with Gasteiger partial charge in [0.2, 0.25) is 0 Å². The summed E-state index contributed by atoms with van der Waals surface area (Å²) in [7, 11) is 1.51. The highest BCUT2D eigenvalue weighted by Gasteiger charge is 2.32. The van der Waals surface area contributed by atoms with Gasteiger partial charge in [-0.15, -0.1) is 0 Å². The van der Waals surface area contributed by atoms with Gasteiger partial charge in [-0.05, 0) is 24.3 Å². The number of pyridine rings is 1. The van der Waals surface area contributed by atoms with Gasteiger partial charge in [0.25, 0.3) is 5.91 Å². The highest BCUT2D eigenvalue weighted by Crippen LogP contribution is 2.35. The second kappa shape index (κ2) is 7.53. The number of benzene rings is 1. The van der Waals surface area contributed by atoms with Gasteiger partial charge in [0.1, 0.15) is 12.5 Å². The fourth-order valence-corrected chi connectivity index (χ4v) is 2.34. The Labute approximate surface area is 148 Å². The van der Waals surface area contributed by atoms with Crippen LogP contribution in [0.25, 0.3) is 5.76 Å². The van der Waals surface area contributed by atoms with Crippen molar-refractivity contribution in [1.29, 1.82) is 0 Å². The van der Waals surface area contributed by atoms with Gasteiger partial charge < -0.3 is 19.6 Å². The largest absolute Gasteiger partial charge is 0.515 e. The number of nitrogens with one attached hydrogen (secondary N) is 1. The average Bonchev–Trinajstić information content (AvgIpc) is 2.62. The summed E-state index contributed by atoms with van der Waals surface area (Å²) >= 11 is 0. The molecule has 9 heteroatoms. The zero-order valence-corrected chi connectivity index (χ0v) is 13.8. The number of fused-ring (bicyclic) bond motifs is 1. The van der Waals surface area contributed by atoms with E-state index in [1.165, 1.54) is 18.3 Å². The van der Waals surface area contributed by atoms with Crippen LogP contribution in [0.5, 0.6) is 5.75 Å². The molecule has 0 atom stereocenters. The molecule has 134 valence electrons. The number of carbonyl (C=O) groups is 2. The molecule has 0 radical (unpaired) electrons. The number of carbonyl (C=O) groups excluding carboxylic acids is 2. The summed E-state index contributed by atoms with van der Waals surface area (Å²) in [4.78, 5) is 34.2. The molecule has 1 amide bonds. The molecule has 1 aromatic heterocycles. The normalized spacial score (nSPS) is 12.8. The third kappa shape index (κ3) is 3.57. The van der Waals surface area contributed by atoms with Crippen LogP contribution in [0.4, 0.5) is 10.6 Å². The van der Waals surface area contributed by atoms with Gasteiger partial charge in [0.05, 0.1) is 5.56 Å². The van der Waals surface area contributed by atoms with Gasteiger partial charge in [-0.2, -0.15) is 0 Å². The van der Waals surface area contributed by atoms with Crippen molar-refractivity contribution < 1.29 is 23.9 Å². The molecule has 0 spiro atoms. The molecule has 1 aliphatic heterocycles.